The lowest BCUT2D eigenvalue weighted by Crippen LogP contribution is -2.26. The van der Waals surface area contributed by atoms with Crippen molar-refractivity contribution in [3.8, 4) is 28.7 Å². The first-order chi connectivity index (χ1) is 17.2. The molecule has 0 radical (unpaired) electrons. The Morgan fingerprint density at radius 3 is 2.22 bits per heavy atom. The Kier molecular flexibility index (Phi) is 5.44. The molecule has 9 heteroatoms. The van der Waals surface area contributed by atoms with Crippen LogP contribution in [-0.4, -0.2) is 7.11 Å². The Bertz CT molecular complexity index is 1610. The van der Waals surface area contributed by atoms with Crippen molar-refractivity contribution in [3.05, 3.63) is 105 Å². The summed E-state index contributed by atoms with van der Waals surface area (Å²) >= 11 is 0. The zero-order valence-corrected chi connectivity index (χ0v) is 18.7. The largest absolute Gasteiger partial charge is 0.497 e. The quantitative estimate of drug-likeness (QED) is 0.370. The van der Waals surface area contributed by atoms with Gasteiger partial charge in [0.2, 0.25) is 5.88 Å². The van der Waals surface area contributed by atoms with Gasteiger partial charge in [-0.25, -0.2) is 4.79 Å². The van der Waals surface area contributed by atoms with Crippen LogP contribution in [-0.2, 0) is 6.18 Å². The van der Waals surface area contributed by atoms with Gasteiger partial charge in [-0.3, -0.25) is 0 Å². The molecule has 4 aromatic rings. The van der Waals surface area contributed by atoms with E-state index < -0.39 is 23.3 Å². The second-order valence-corrected chi connectivity index (χ2v) is 8.12. The predicted molar refractivity (Wildman–Crippen MR) is 125 cm³/mol. The highest BCUT2D eigenvalue weighted by molar-refractivity contribution is 5.87. The van der Waals surface area contributed by atoms with Crippen LogP contribution in [0.3, 0.4) is 0 Å². The van der Waals surface area contributed by atoms with Gasteiger partial charge in [0.05, 0.1) is 29.5 Å². The van der Waals surface area contributed by atoms with Crippen molar-refractivity contribution in [3.63, 3.8) is 0 Å². The average Bonchev–Trinajstić information content (AvgIpc) is 2.87. The molecule has 0 bridgehead atoms. The Morgan fingerprint density at radius 1 is 1.00 bits per heavy atom. The van der Waals surface area contributed by atoms with Gasteiger partial charge >= 0.3 is 11.8 Å². The fraction of sp³-hybridized carbons (Fsp3) is 0.111. The number of alkyl halides is 3. The van der Waals surface area contributed by atoms with Gasteiger partial charge in [-0.05, 0) is 41.0 Å². The summed E-state index contributed by atoms with van der Waals surface area (Å²) in [6, 6.07) is 18.5. The highest BCUT2D eigenvalue weighted by atomic mass is 19.4. The van der Waals surface area contributed by atoms with Crippen LogP contribution in [0, 0.1) is 11.3 Å². The summed E-state index contributed by atoms with van der Waals surface area (Å²) in [5.74, 6) is -0.317. The number of nitrogens with two attached hydrogens (primary N) is 1. The van der Waals surface area contributed by atoms with E-state index in [1.54, 1.807) is 42.5 Å². The third-order valence-electron chi connectivity index (χ3n) is 6.07. The van der Waals surface area contributed by atoms with Crippen molar-refractivity contribution in [2.75, 3.05) is 7.11 Å². The van der Waals surface area contributed by atoms with Gasteiger partial charge in [-0.2, -0.15) is 18.4 Å². The van der Waals surface area contributed by atoms with Crippen LogP contribution in [0.2, 0.25) is 0 Å². The Hall–Kier alpha value is -4.71. The Morgan fingerprint density at radius 2 is 1.64 bits per heavy atom. The van der Waals surface area contributed by atoms with E-state index in [0.717, 1.165) is 12.1 Å². The molecule has 1 aromatic heterocycles. The molecule has 1 unspecified atom stereocenters. The van der Waals surface area contributed by atoms with Gasteiger partial charge in [0, 0.05) is 6.07 Å². The fourth-order valence-corrected chi connectivity index (χ4v) is 4.28. The van der Waals surface area contributed by atoms with Crippen LogP contribution in [0.4, 0.5) is 13.2 Å². The zero-order valence-electron chi connectivity index (χ0n) is 18.7. The first kappa shape index (κ1) is 23.1. The van der Waals surface area contributed by atoms with E-state index in [2.05, 4.69) is 0 Å². The number of hydrogen-bond acceptors (Lipinski definition) is 6. The minimum atomic E-state index is -4.42. The highest BCUT2D eigenvalue weighted by Gasteiger charge is 2.35. The molecule has 0 saturated heterocycles. The molecule has 0 saturated carbocycles. The lowest BCUT2D eigenvalue weighted by molar-refractivity contribution is -0.137. The molecule has 0 amide bonds. The molecule has 6 nitrogen and oxygen atoms in total. The van der Waals surface area contributed by atoms with Crippen LogP contribution in [0.1, 0.15) is 22.6 Å². The fourth-order valence-electron chi connectivity index (χ4n) is 4.28. The smallest absolute Gasteiger partial charge is 0.416 e. The van der Waals surface area contributed by atoms with Crippen molar-refractivity contribution in [1.29, 1.82) is 5.26 Å². The standard InChI is InChI=1S/C27H17F3N2O4/c1-34-18-10-11-19-21(12-18)35-26(33)23-22(20(13-31)25(32)36-24(19)23)16-4-2-14(3-5-16)15-6-8-17(9-7-15)27(28,29)30/h2-12,22H,32H2,1H3. The van der Waals surface area contributed by atoms with E-state index in [1.807, 2.05) is 6.07 Å². The first-order valence-corrected chi connectivity index (χ1v) is 10.7. The Labute approximate surface area is 202 Å². The van der Waals surface area contributed by atoms with Crippen LogP contribution in [0.15, 0.2) is 87.4 Å². The summed E-state index contributed by atoms with van der Waals surface area (Å²) < 4.78 is 55.1. The normalized spacial score (nSPS) is 15.2. The van der Waals surface area contributed by atoms with Gasteiger partial charge in [0.1, 0.15) is 23.0 Å². The molecule has 1 aliphatic rings. The zero-order chi connectivity index (χ0) is 25.6. The highest BCUT2D eigenvalue weighted by Crippen LogP contribution is 2.44. The number of rotatable bonds is 3. The molecule has 2 heterocycles. The second kappa shape index (κ2) is 8.50. The lowest BCUT2D eigenvalue weighted by Gasteiger charge is -2.26. The van der Waals surface area contributed by atoms with Gasteiger partial charge in [-0.1, -0.05) is 36.4 Å². The second-order valence-electron chi connectivity index (χ2n) is 8.12. The van der Waals surface area contributed by atoms with Crippen LogP contribution >= 0.6 is 0 Å². The van der Waals surface area contributed by atoms with E-state index in [9.17, 15) is 23.2 Å². The minimum absolute atomic E-state index is 0.0462. The number of nitriles is 1. The molecule has 180 valence electrons. The molecule has 1 atom stereocenters. The summed E-state index contributed by atoms with van der Waals surface area (Å²) in [5.41, 5.74) is 6.87. The van der Waals surface area contributed by atoms with Crippen LogP contribution in [0.25, 0.3) is 22.1 Å². The average molecular weight is 490 g/mol. The summed E-state index contributed by atoms with van der Waals surface area (Å²) in [7, 11) is 1.48. The van der Waals surface area contributed by atoms with Gasteiger partial charge in [0.15, 0.2) is 5.75 Å². The summed E-state index contributed by atoms with van der Waals surface area (Å²) in [4.78, 5) is 13.1. The van der Waals surface area contributed by atoms with Crippen molar-refractivity contribution in [1.82, 2.24) is 0 Å². The van der Waals surface area contributed by atoms with Gasteiger partial charge in [0.25, 0.3) is 0 Å². The maximum absolute atomic E-state index is 13.1. The van der Waals surface area contributed by atoms with E-state index in [1.165, 1.54) is 19.2 Å². The van der Waals surface area contributed by atoms with E-state index in [-0.39, 0.29) is 28.4 Å². The Balaban J connectivity index is 1.61. The predicted octanol–water partition coefficient (Wildman–Crippen LogP) is 5.71. The summed E-state index contributed by atoms with van der Waals surface area (Å²) in [6.07, 6.45) is -4.42. The molecular weight excluding hydrogens is 473 g/mol. The SMILES string of the molecule is COc1ccc2c3c(c(=O)oc2c1)C(c1ccc(-c2ccc(C(F)(F)F)cc2)cc1)C(C#N)=C(N)O3. The van der Waals surface area contributed by atoms with E-state index >= 15 is 0 Å². The van der Waals surface area contributed by atoms with E-state index in [0.29, 0.717) is 27.8 Å². The molecule has 1 aliphatic heterocycles. The molecule has 5 rings (SSSR count). The lowest BCUT2D eigenvalue weighted by atomic mass is 9.83. The van der Waals surface area contributed by atoms with Gasteiger partial charge < -0.3 is 19.6 Å². The maximum Gasteiger partial charge on any atom is 0.416 e. The molecule has 0 aliphatic carbocycles. The summed E-state index contributed by atoms with van der Waals surface area (Å²) in [5, 5.41) is 10.3. The number of halogens is 3. The third kappa shape index (κ3) is 3.82. The van der Waals surface area contributed by atoms with Crippen molar-refractivity contribution < 1.29 is 27.1 Å². The molecule has 0 fully saturated rings. The first-order valence-electron chi connectivity index (χ1n) is 10.7. The maximum atomic E-state index is 13.1. The topological polar surface area (TPSA) is 98.5 Å². The molecular formula is C27H17F3N2O4. The number of nitrogens with zero attached hydrogens (tertiary/aromatic N) is 1. The number of benzene rings is 3. The monoisotopic (exact) mass is 490 g/mol. The van der Waals surface area contributed by atoms with Crippen molar-refractivity contribution in [2.45, 2.75) is 12.1 Å². The van der Waals surface area contributed by atoms with Crippen LogP contribution < -0.4 is 20.8 Å². The number of hydrogen-bond donors (Lipinski definition) is 1. The third-order valence-corrected chi connectivity index (χ3v) is 6.07. The molecule has 0 spiro atoms. The number of ether oxygens (including phenoxy) is 2. The summed E-state index contributed by atoms with van der Waals surface area (Å²) in [6.45, 7) is 0. The minimum Gasteiger partial charge on any atom is -0.497 e. The molecule has 3 aromatic carbocycles. The molecule has 2 N–H and O–H groups in total. The van der Waals surface area contributed by atoms with Crippen molar-refractivity contribution >= 4 is 11.0 Å². The van der Waals surface area contributed by atoms with Gasteiger partial charge in [-0.15, -0.1) is 0 Å². The number of allylic oxidation sites excluding steroid dienone is 1. The van der Waals surface area contributed by atoms with Crippen LogP contribution in [0.5, 0.6) is 11.5 Å². The van der Waals surface area contributed by atoms with Crippen molar-refractivity contribution in [2.24, 2.45) is 5.73 Å². The number of methoxy groups -OCH3 is 1. The van der Waals surface area contributed by atoms with E-state index in [4.69, 9.17) is 19.6 Å². The molecule has 36 heavy (non-hydrogen) atoms. The number of fused-ring (bicyclic) bond motifs is 3.